The normalized spacial score (nSPS) is 10.1. The second-order valence-electron chi connectivity index (χ2n) is 5.69. The summed E-state index contributed by atoms with van der Waals surface area (Å²) in [5, 5.41) is 5.53. The number of hydrogen-bond acceptors (Lipinski definition) is 4. The number of aromatic nitrogens is 1. The maximum Gasteiger partial charge on any atom is 0.322 e. The highest BCUT2D eigenvalue weighted by atomic mass is 16.5. The summed E-state index contributed by atoms with van der Waals surface area (Å²) in [5.41, 5.74) is 3.25. The number of benzene rings is 1. The molecule has 1 aromatic carbocycles. The van der Waals surface area contributed by atoms with Gasteiger partial charge in [0.2, 0.25) is 11.8 Å². The zero-order valence-electron chi connectivity index (χ0n) is 14.8. The van der Waals surface area contributed by atoms with Crippen molar-refractivity contribution in [1.82, 2.24) is 9.88 Å². The number of anilines is 2. The smallest absolute Gasteiger partial charge is 0.322 e. The van der Waals surface area contributed by atoms with E-state index in [2.05, 4.69) is 15.6 Å². The zero-order valence-corrected chi connectivity index (χ0v) is 14.8. The standard InChI is InChI=1S/C18H22N4O3/c1-12-6-5-7-13(2)17(12)21-15(23)11-22(3)18(24)20-14-8-9-16(25-4)19-10-14/h5-10H,11H2,1-4H3,(H,20,24)(H,21,23). The van der Waals surface area contributed by atoms with Gasteiger partial charge in [-0.05, 0) is 31.0 Å². The molecule has 7 heteroatoms. The van der Waals surface area contributed by atoms with Gasteiger partial charge in [0.15, 0.2) is 0 Å². The highest BCUT2D eigenvalue weighted by Gasteiger charge is 2.14. The first-order valence-electron chi connectivity index (χ1n) is 7.79. The third-order valence-electron chi connectivity index (χ3n) is 3.67. The summed E-state index contributed by atoms with van der Waals surface area (Å²) in [6.45, 7) is 3.79. The number of nitrogens with one attached hydrogen (secondary N) is 2. The van der Waals surface area contributed by atoms with E-state index in [0.717, 1.165) is 16.8 Å². The summed E-state index contributed by atoms with van der Waals surface area (Å²) < 4.78 is 4.96. The second-order valence-corrected chi connectivity index (χ2v) is 5.69. The highest BCUT2D eigenvalue weighted by molar-refractivity contribution is 5.97. The number of urea groups is 1. The van der Waals surface area contributed by atoms with Crippen molar-refractivity contribution in [2.45, 2.75) is 13.8 Å². The van der Waals surface area contributed by atoms with Gasteiger partial charge in [0.25, 0.3) is 0 Å². The number of carbonyl (C=O) groups excluding carboxylic acids is 2. The van der Waals surface area contributed by atoms with Crippen molar-refractivity contribution in [2.75, 3.05) is 31.3 Å². The van der Waals surface area contributed by atoms with Gasteiger partial charge in [-0.25, -0.2) is 9.78 Å². The van der Waals surface area contributed by atoms with Gasteiger partial charge in [0.1, 0.15) is 6.54 Å². The van der Waals surface area contributed by atoms with E-state index >= 15 is 0 Å². The van der Waals surface area contributed by atoms with Gasteiger partial charge in [0.05, 0.1) is 19.0 Å². The Hall–Kier alpha value is -3.09. The Morgan fingerprint density at radius 2 is 1.80 bits per heavy atom. The van der Waals surface area contributed by atoms with Crippen LogP contribution in [0, 0.1) is 13.8 Å². The Bertz CT molecular complexity index is 739. The molecule has 0 aliphatic heterocycles. The average Bonchev–Trinajstić information content (AvgIpc) is 2.59. The minimum atomic E-state index is -0.399. The third kappa shape index (κ3) is 4.94. The summed E-state index contributed by atoms with van der Waals surface area (Å²) in [6, 6.07) is 8.70. The third-order valence-corrected chi connectivity index (χ3v) is 3.67. The highest BCUT2D eigenvalue weighted by Crippen LogP contribution is 2.19. The van der Waals surface area contributed by atoms with Crippen molar-refractivity contribution >= 4 is 23.3 Å². The van der Waals surface area contributed by atoms with E-state index in [9.17, 15) is 9.59 Å². The van der Waals surface area contributed by atoms with Crippen LogP contribution in [0.15, 0.2) is 36.5 Å². The van der Waals surface area contributed by atoms with Crippen LogP contribution in [0.5, 0.6) is 5.88 Å². The van der Waals surface area contributed by atoms with Crippen LogP contribution in [0.1, 0.15) is 11.1 Å². The van der Waals surface area contributed by atoms with E-state index in [4.69, 9.17) is 4.74 Å². The summed E-state index contributed by atoms with van der Waals surface area (Å²) in [4.78, 5) is 29.7. The molecule has 2 rings (SSSR count). The first-order chi connectivity index (χ1) is 11.9. The van der Waals surface area contributed by atoms with Gasteiger partial charge in [0, 0.05) is 18.8 Å². The number of hydrogen-bond donors (Lipinski definition) is 2. The van der Waals surface area contributed by atoms with E-state index in [1.165, 1.54) is 18.2 Å². The van der Waals surface area contributed by atoms with Crippen molar-refractivity contribution in [3.05, 3.63) is 47.7 Å². The Morgan fingerprint density at radius 1 is 1.12 bits per heavy atom. The SMILES string of the molecule is COc1ccc(NC(=O)N(C)CC(=O)Nc2c(C)cccc2C)cn1. The van der Waals surface area contributed by atoms with Crippen molar-refractivity contribution in [3.8, 4) is 5.88 Å². The van der Waals surface area contributed by atoms with Gasteiger partial charge in [-0.2, -0.15) is 0 Å². The number of para-hydroxylation sites is 1. The molecule has 0 radical (unpaired) electrons. The quantitative estimate of drug-likeness (QED) is 0.875. The molecule has 0 aliphatic rings. The minimum absolute atomic E-state index is 0.0663. The topological polar surface area (TPSA) is 83.6 Å². The molecule has 7 nitrogen and oxygen atoms in total. The zero-order chi connectivity index (χ0) is 18.4. The fraction of sp³-hybridized carbons (Fsp3) is 0.278. The lowest BCUT2D eigenvalue weighted by Crippen LogP contribution is -2.37. The second kappa shape index (κ2) is 8.14. The number of aryl methyl sites for hydroxylation is 2. The average molecular weight is 342 g/mol. The molecule has 0 fully saturated rings. The van der Waals surface area contributed by atoms with E-state index in [0.29, 0.717) is 11.6 Å². The molecule has 0 aliphatic carbocycles. The molecule has 0 saturated carbocycles. The molecule has 2 N–H and O–H groups in total. The maximum atomic E-state index is 12.2. The summed E-state index contributed by atoms with van der Waals surface area (Å²) >= 11 is 0. The molecule has 0 spiro atoms. The van der Waals surface area contributed by atoms with Crippen molar-refractivity contribution in [2.24, 2.45) is 0 Å². The Kier molecular flexibility index (Phi) is 5.94. The van der Waals surface area contributed by atoms with Crippen LogP contribution in [0.2, 0.25) is 0 Å². The van der Waals surface area contributed by atoms with Crippen molar-refractivity contribution in [1.29, 1.82) is 0 Å². The summed E-state index contributed by atoms with van der Waals surface area (Å²) in [7, 11) is 3.07. The lowest BCUT2D eigenvalue weighted by molar-refractivity contribution is -0.116. The Balaban J connectivity index is 1.92. The number of rotatable bonds is 5. The van der Waals surface area contributed by atoms with E-state index < -0.39 is 6.03 Å². The summed E-state index contributed by atoms with van der Waals surface area (Å²) in [6.07, 6.45) is 1.49. The largest absolute Gasteiger partial charge is 0.481 e. The van der Waals surface area contributed by atoms with Crippen LogP contribution in [-0.4, -0.2) is 42.5 Å². The molecular formula is C18H22N4O3. The van der Waals surface area contributed by atoms with E-state index in [1.807, 2.05) is 32.0 Å². The summed E-state index contributed by atoms with van der Waals surface area (Å²) in [5.74, 6) is 0.197. The lowest BCUT2D eigenvalue weighted by atomic mass is 10.1. The number of carbonyl (C=O) groups is 2. The lowest BCUT2D eigenvalue weighted by Gasteiger charge is -2.18. The van der Waals surface area contributed by atoms with Crippen molar-refractivity contribution < 1.29 is 14.3 Å². The fourth-order valence-corrected chi connectivity index (χ4v) is 2.27. The number of ether oxygens (including phenoxy) is 1. The van der Waals surface area contributed by atoms with Crippen LogP contribution in [0.4, 0.5) is 16.2 Å². The molecule has 2 aromatic rings. The van der Waals surface area contributed by atoms with E-state index in [1.54, 1.807) is 19.2 Å². The van der Waals surface area contributed by atoms with Gasteiger partial charge in [-0.3, -0.25) is 4.79 Å². The van der Waals surface area contributed by atoms with Crippen LogP contribution < -0.4 is 15.4 Å². The molecular weight excluding hydrogens is 320 g/mol. The monoisotopic (exact) mass is 342 g/mol. The van der Waals surface area contributed by atoms with Gasteiger partial charge in [-0.15, -0.1) is 0 Å². The fourth-order valence-electron chi connectivity index (χ4n) is 2.27. The number of methoxy groups -OCH3 is 1. The van der Waals surface area contributed by atoms with Crippen LogP contribution >= 0.6 is 0 Å². The molecule has 1 aromatic heterocycles. The Labute approximate surface area is 147 Å². The predicted molar refractivity (Wildman–Crippen MR) is 97.0 cm³/mol. The first kappa shape index (κ1) is 18.3. The van der Waals surface area contributed by atoms with Crippen LogP contribution in [-0.2, 0) is 4.79 Å². The molecule has 0 bridgehead atoms. The maximum absolute atomic E-state index is 12.2. The molecule has 0 unspecified atom stereocenters. The number of likely N-dealkylation sites (N-methyl/N-ethyl adjacent to an activating group) is 1. The molecule has 3 amide bonds. The number of amides is 3. The van der Waals surface area contributed by atoms with Gasteiger partial charge < -0.3 is 20.3 Å². The van der Waals surface area contributed by atoms with Crippen LogP contribution in [0.3, 0.4) is 0 Å². The Morgan fingerprint density at radius 3 is 2.36 bits per heavy atom. The minimum Gasteiger partial charge on any atom is -0.481 e. The van der Waals surface area contributed by atoms with Crippen LogP contribution in [0.25, 0.3) is 0 Å². The molecule has 132 valence electrons. The van der Waals surface area contributed by atoms with Gasteiger partial charge in [-0.1, -0.05) is 18.2 Å². The predicted octanol–water partition coefficient (Wildman–Crippen LogP) is 2.81. The van der Waals surface area contributed by atoms with Crippen molar-refractivity contribution in [3.63, 3.8) is 0 Å². The number of nitrogens with zero attached hydrogens (tertiary/aromatic N) is 2. The molecule has 25 heavy (non-hydrogen) atoms. The number of pyridine rings is 1. The van der Waals surface area contributed by atoms with E-state index in [-0.39, 0.29) is 12.5 Å². The molecule has 0 atom stereocenters. The molecule has 0 saturated heterocycles. The van der Waals surface area contributed by atoms with Gasteiger partial charge >= 0.3 is 6.03 Å². The molecule has 1 heterocycles. The first-order valence-corrected chi connectivity index (χ1v) is 7.79.